The molecule has 0 bridgehead atoms. The maximum absolute atomic E-state index is 4.15. The van der Waals surface area contributed by atoms with E-state index in [0.717, 1.165) is 17.5 Å². The summed E-state index contributed by atoms with van der Waals surface area (Å²) >= 11 is 1.76. The molecular weight excluding hydrogens is 258 g/mol. The molecule has 1 aromatic heterocycles. The molecule has 1 N–H and O–H groups in total. The molecule has 0 aliphatic heterocycles. The number of nitrogens with one attached hydrogen (secondary N) is 1. The van der Waals surface area contributed by atoms with Crippen LogP contribution in [0.4, 0.5) is 0 Å². The summed E-state index contributed by atoms with van der Waals surface area (Å²) in [5.74, 6) is 1.69. The number of aromatic nitrogens is 4. The van der Waals surface area contributed by atoms with E-state index in [9.17, 15) is 0 Å². The Bertz CT molecular complexity index is 373. The van der Waals surface area contributed by atoms with Crippen molar-refractivity contribution in [3.8, 4) is 0 Å². The molecule has 0 spiro atoms. The van der Waals surface area contributed by atoms with Crippen LogP contribution >= 0.6 is 11.8 Å². The fraction of sp³-hybridized carbons (Fsp3) is 0.923. The van der Waals surface area contributed by atoms with Crippen LogP contribution in [0.1, 0.15) is 52.5 Å². The van der Waals surface area contributed by atoms with Crippen LogP contribution in [0.5, 0.6) is 0 Å². The van der Waals surface area contributed by atoms with Crippen molar-refractivity contribution in [1.82, 2.24) is 25.5 Å². The SMILES string of the molecule is CC(C)C(C)NCCSc1nnnn1C1CCCC1. The van der Waals surface area contributed by atoms with E-state index in [1.165, 1.54) is 25.7 Å². The summed E-state index contributed by atoms with van der Waals surface area (Å²) in [6.07, 6.45) is 5.06. The van der Waals surface area contributed by atoms with Crippen molar-refractivity contribution in [1.29, 1.82) is 0 Å². The van der Waals surface area contributed by atoms with Gasteiger partial charge in [-0.2, -0.15) is 0 Å². The largest absolute Gasteiger partial charge is 0.313 e. The van der Waals surface area contributed by atoms with E-state index in [0.29, 0.717) is 18.0 Å². The molecule has 0 amide bonds. The number of thioether (sulfide) groups is 1. The zero-order chi connectivity index (χ0) is 13.7. The highest BCUT2D eigenvalue weighted by molar-refractivity contribution is 7.99. The fourth-order valence-electron chi connectivity index (χ4n) is 2.32. The Morgan fingerprint density at radius 1 is 1.32 bits per heavy atom. The number of rotatable bonds is 7. The zero-order valence-corrected chi connectivity index (χ0v) is 13.0. The average molecular weight is 283 g/mol. The number of tetrazole rings is 1. The molecule has 1 aliphatic rings. The second-order valence-corrected chi connectivity index (χ2v) is 6.74. The van der Waals surface area contributed by atoms with Crippen LogP contribution in [0.25, 0.3) is 0 Å². The smallest absolute Gasteiger partial charge is 0.209 e. The Labute approximate surface area is 119 Å². The topological polar surface area (TPSA) is 55.6 Å². The summed E-state index contributed by atoms with van der Waals surface area (Å²) in [5, 5.41) is 16.6. The van der Waals surface area contributed by atoms with E-state index in [-0.39, 0.29) is 0 Å². The van der Waals surface area contributed by atoms with Crippen LogP contribution in [0, 0.1) is 5.92 Å². The van der Waals surface area contributed by atoms with Crippen molar-refractivity contribution in [2.75, 3.05) is 12.3 Å². The Kier molecular flexibility index (Phi) is 5.63. The van der Waals surface area contributed by atoms with Gasteiger partial charge in [0.1, 0.15) is 0 Å². The fourth-order valence-corrected chi connectivity index (χ4v) is 3.14. The van der Waals surface area contributed by atoms with Gasteiger partial charge in [-0.1, -0.05) is 38.5 Å². The van der Waals surface area contributed by atoms with Crippen LogP contribution in [0.3, 0.4) is 0 Å². The normalized spacial score (nSPS) is 18.3. The van der Waals surface area contributed by atoms with Crippen LogP contribution in [0.2, 0.25) is 0 Å². The highest BCUT2D eigenvalue weighted by Gasteiger charge is 2.21. The van der Waals surface area contributed by atoms with Crippen molar-refractivity contribution in [3.63, 3.8) is 0 Å². The van der Waals surface area contributed by atoms with E-state index >= 15 is 0 Å². The zero-order valence-electron chi connectivity index (χ0n) is 12.2. The van der Waals surface area contributed by atoms with Crippen molar-refractivity contribution < 1.29 is 0 Å². The van der Waals surface area contributed by atoms with Gasteiger partial charge in [-0.05, 0) is 36.1 Å². The summed E-state index contributed by atoms with van der Waals surface area (Å²) in [5.41, 5.74) is 0. The molecule has 108 valence electrons. The van der Waals surface area contributed by atoms with Gasteiger partial charge in [-0.3, -0.25) is 0 Å². The molecule has 1 unspecified atom stereocenters. The first kappa shape index (κ1) is 14.8. The third-order valence-corrected chi connectivity index (χ3v) is 4.87. The van der Waals surface area contributed by atoms with E-state index in [1.807, 2.05) is 4.68 Å². The van der Waals surface area contributed by atoms with Crippen molar-refractivity contribution in [3.05, 3.63) is 0 Å². The highest BCUT2D eigenvalue weighted by atomic mass is 32.2. The molecule has 1 aliphatic carbocycles. The third kappa shape index (κ3) is 4.18. The molecule has 0 saturated heterocycles. The Morgan fingerprint density at radius 3 is 2.74 bits per heavy atom. The summed E-state index contributed by atoms with van der Waals surface area (Å²) < 4.78 is 2.03. The van der Waals surface area contributed by atoms with E-state index in [4.69, 9.17) is 0 Å². The highest BCUT2D eigenvalue weighted by Crippen LogP contribution is 2.31. The molecular formula is C13H25N5S. The summed E-state index contributed by atoms with van der Waals surface area (Å²) in [6, 6.07) is 1.09. The molecule has 2 rings (SSSR count). The lowest BCUT2D eigenvalue weighted by Crippen LogP contribution is -2.32. The monoisotopic (exact) mass is 283 g/mol. The van der Waals surface area contributed by atoms with E-state index in [2.05, 4.69) is 41.6 Å². The van der Waals surface area contributed by atoms with Crippen LogP contribution in [-0.2, 0) is 0 Å². The number of nitrogens with zero attached hydrogens (tertiary/aromatic N) is 4. The van der Waals surface area contributed by atoms with Crippen molar-refractivity contribution in [2.45, 2.75) is 63.7 Å². The van der Waals surface area contributed by atoms with Gasteiger partial charge in [0.25, 0.3) is 0 Å². The van der Waals surface area contributed by atoms with Gasteiger partial charge in [0.2, 0.25) is 5.16 Å². The third-order valence-electron chi connectivity index (χ3n) is 3.93. The molecule has 0 radical (unpaired) electrons. The molecule has 1 aromatic rings. The van der Waals surface area contributed by atoms with E-state index in [1.54, 1.807) is 11.8 Å². The molecule has 19 heavy (non-hydrogen) atoms. The van der Waals surface area contributed by atoms with Crippen LogP contribution in [-0.4, -0.2) is 38.5 Å². The predicted octanol–water partition coefficient (Wildman–Crippen LogP) is 2.51. The van der Waals surface area contributed by atoms with Gasteiger partial charge in [0.05, 0.1) is 6.04 Å². The Hall–Kier alpha value is -0.620. The first-order chi connectivity index (χ1) is 9.18. The quantitative estimate of drug-likeness (QED) is 0.615. The second-order valence-electron chi connectivity index (χ2n) is 5.68. The first-order valence-electron chi connectivity index (χ1n) is 7.32. The van der Waals surface area contributed by atoms with Gasteiger partial charge in [0.15, 0.2) is 0 Å². The maximum Gasteiger partial charge on any atom is 0.209 e. The van der Waals surface area contributed by atoms with Gasteiger partial charge in [-0.25, -0.2) is 4.68 Å². The first-order valence-corrected chi connectivity index (χ1v) is 8.31. The molecule has 6 heteroatoms. The summed E-state index contributed by atoms with van der Waals surface area (Å²) in [6.45, 7) is 7.72. The average Bonchev–Trinajstić information content (AvgIpc) is 3.04. The Morgan fingerprint density at radius 2 is 2.05 bits per heavy atom. The molecule has 5 nitrogen and oxygen atoms in total. The second kappa shape index (κ2) is 7.24. The molecule has 1 atom stereocenters. The lowest BCUT2D eigenvalue weighted by Gasteiger charge is -2.17. The van der Waals surface area contributed by atoms with Gasteiger partial charge in [0, 0.05) is 18.3 Å². The molecule has 1 fully saturated rings. The van der Waals surface area contributed by atoms with Crippen molar-refractivity contribution in [2.24, 2.45) is 5.92 Å². The molecule has 0 aromatic carbocycles. The predicted molar refractivity (Wildman–Crippen MR) is 78.3 cm³/mol. The summed E-state index contributed by atoms with van der Waals surface area (Å²) in [7, 11) is 0. The van der Waals surface area contributed by atoms with Gasteiger partial charge in [-0.15, -0.1) is 5.10 Å². The minimum atomic E-state index is 0.528. The summed E-state index contributed by atoms with van der Waals surface area (Å²) in [4.78, 5) is 0. The van der Waals surface area contributed by atoms with Crippen molar-refractivity contribution >= 4 is 11.8 Å². The molecule has 1 heterocycles. The number of hydrogen-bond donors (Lipinski definition) is 1. The van der Waals surface area contributed by atoms with Crippen LogP contribution < -0.4 is 5.32 Å². The lowest BCUT2D eigenvalue weighted by atomic mass is 10.1. The lowest BCUT2D eigenvalue weighted by molar-refractivity contribution is 0.422. The molecule has 1 saturated carbocycles. The van der Waals surface area contributed by atoms with Gasteiger partial charge >= 0.3 is 0 Å². The Balaban J connectivity index is 1.75. The van der Waals surface area contributed by atoms with Gasteiger partial charge < -0.3 is 5.32 Å². The van der Waals surface area contributed by atoms with E-state index < -0.39 is 0 Å². The minimum Gasteiger partial charge on any atom is -0.313 e. The maximum atomic E-state index is 4.15. The van der Waals surface area contributed by atoms with Crippen LogP contribution in [0.15, 0.2) is 5.16 Å². The standard InChI is InChI=1S/C13H25N5S/c1-10(2)11(3)14-8-9-19-13-15-16-17-18(13)12-6-4-5-7-12/h10-12,14H,4-9H2,1-3H3. The number of hydrogen-bond acceptors (Lipinski definition) is 5. The minimum absolute atomic E-state index is 0.528.